The van der Waals surface area contributed by atoms with Crippen LogP contribution in [0.1, 0.15) is 29.8 Å². The predicted molar refractivity (Wildman–Crippen MR) is 72.5 cm³/mol. The van der Waals surface area contributed by atoms with E-state index in [0.29, 0.717) is 12.4 Å². The number of aromatic nitrogens is 3. The SMILES string of the molecule is CCc1nc(NN)c(C)c(NCc2cc(C)no2)n1. The molecule has 7 heteroatoms. The Hall–Kier alpha value is -2.15. The molecule has 0 aliphatic rings. The smallest absolute Gasteiger partial charge is 0.156 e. The van der Waals surface area contributed by atoms with E-state index >= 15 is 0 Å². The summed E-state index contributed by atoms with van der Waals surface area (Å²) in [6, 6.07) is 1.88. The summed E-state index contributed by atoms with van der Waals surface area (Å²) < 4.78 is 5.14. The Morgan fingerprint density at radius 1 is 1.26 bits per heavy atom. The zero-order valence-electron chi connectivity index (χ0n) is 11.3. The number of nitrogens with two attached hydrogens (primary N) is 1. The lowest BCUT2D eigenvalue weighted by Gasteiger charge is -2.12. The van der Waals surface area contributed by atoms with Crippen LogP contribution in [0.2, 0.25) is 0 Å². The predicted octanol–water partition coefficient (Wildman–Crippen LogP) is 1.54. The summed E-state index contributed by atoms with van der Waals surface area (Å²) in [5.74, 6) is 8.32. The summed E-state index contributed by atoms with van der Waals surface area (Å²) in [6.07, 6.45) is 0.741. The molecular weight excluding hydrogens is 244 g/mol. The van der Waals surface area contributed by atoms with Crippen molar-refractivity contribution in [2.24, 2.45) is 5.84 Å². The molecule has 2 rings (SSSR count). The highest BCUT2D eigenvalue weighted by Gasteiger charge is 2.10. The van der Waals surface area contributed by atoms with E-state index in [-0.39, 0.29) is 0 Å². The second kappa shape index (κ2) is 5.66. The molecule has 0 spiro atoms. The van der Waals surface area contributed by atoms with E-state index in [1.807, 2.05) is 26.8 Å². The number of rotatable bonds is 5. The van der Waals surface area contributed by atoms with Gasteiger partial charge in [0.2, 0.25) is 0 Å². The molecule has 102 valence electrons. The van der Waals surface area contributed by atoms with E-state index in [4.69, 9.17) is 10.4 Å². The van der Waals surface area contributed by atoms with E-state index in [9.17, 15) is 0 Å². The topological polar surface area (TPSA) is 102 Å². The van der Waals surface area contributed by atoms with Gasteiger partial charge in [0.05, 0.1) is 12.2 Å². The minimum absolute atomic E-state index is 0.520. The van der Waals surface area contributed by atoms with Crippen molar-refractivity contribution in [3.8, 4) is 0 Å². The summed E-state index contributed by atoms with van der Waals surface area (Å²) in [4.78, 5) is 8.75. The van der Waals surface area contributed by atoms with Crippen molar-refractivity contribution in [2.45, 2.75) is 33.7 Å². The average Bonchev–Trinajstić information content (AvgIpc) is 2.83. The molecule has 4 N–H and O–H groups in total. The molecule has 0 atom stereocenters. The third-order valence-electron chi connectivity index (χ3n) is 2.75. The molecule has 0 saturated heterocycles. The van der Waals surface area contributed by atoms with Crippen LogP contribution in [0.3, 0.4) is 0 Å². The maximum atomic E-state index is 5.46. The fraction of sp³-hybridized carbons (Fsp3) is 0.417. The lowest BCUT2D eigenvalue weighted by molar-refractivity contribution is 0.384. The van der Waals surface area contributed by atoms with Gasteiger partial charge in [-0.25, -0.2) is 15.8 Å². The molecule has 0 bridgehead atoms. The molecule has 0 fully saturated rings. The molecule has 2 heterocycles. The number of hydrogen-bond donors (Lipinski definition) is 3. The number of nitrogen functional groups attached to an aromatic ring is 1. The molecule has 0 aliphatic heterocycles. The van der Waals surface area contributed by atoms with Gasteiger partial charge >= 0.3 is 0 Å². The van der Waals surface area contributed by atoms with E-state index in [2.05, 4.69) is 25.9 Å². The first kappa shape index (κ1) is 13.3. The molecule has 0 saturated carbocycles. The number of nitrogens with zero attached hydrogens (tertiary/aromatic N) is 3. The van der Waals surface area contributed by atoms with Gasteiger partial charge in [-0.1, -0.05) is 12.1 Å². The molecule has 0 radical (unpaired) electrons. The first-order chi connectivity index (χ1) is 9.13. The van der Waals surface area contributed by atoms with Crippen molar-refractivity contribution in [1.29, 1.82) is 0 Å². The van der Waals surface area contributed by atoms with Crippen molar-refractivity contribution >= 4 is 11.6 Å². The highest BCUT2D eigenvalue weighted by Crippen LogP contribution is 2.20. The van der Waals surface area contributed by atoms with Crippen LogP contribution >= 0.6 is 0 Å². The van der Waals surface area contributed by atoms with Gasteiger partial charge in [-0.15, -0.1) is 0 Å². The lowest BCUT2D eigenvalue weighted by atomic mass is 10.3. The zero-order chi connectivity index (χ0) is 13.8. The minimum atomic E-state index is 0.520. The van der Waals surface area contributed by atoms with E-state index < -0.39 is 0 Å². The van der Waals surface area contributed by atoms with Crippen LogP contribution in [0.4, 0.5) is 11.6 Å². The van der Waals surface area contributed by atoms with Crippen molar-refractivity contribution in [2.75, 3.05) is 10.7 Å². The molecule has 19 heavy (non-hydrogen) atoms. The van der Waals surface area contributed by atoms with Crippen molar-refractivity contribution in [1.82, 2.24) is 15.1 Å². The van der Waals surface area contributed by atoms with Crippen LogP contribution in [0.25, 0.3) is 0 Å². The van der Waals surface area contributed by atoms with Crippen LogP contribution in [0, 0.1) is 13.8 Å². The zero-order valence-corrected chi connectivity index (χ0v) is 11.3. The Bertz CT molecular complexity index is 565. The maximum absolute atomic E-state index is 5.46. The number of anilines is 2. The Labute approximate surface area is 111 Å². The third kappa shape index (κ3) is 3.00. The third-order valence-corrected chi connectivity index (χ3v) is 2.75. The van der Waals surface area contributed by atoms with Crippen LogP contribution < -0.4 is 16.6 Å². The van der Waals surface area contributed by atoms with Gasteiger partial charge in [0.25, 0.3) is 0 Å². The van der Waals surface area contributed by atoms with Crippen LogP contribution in [0.15, 0.2) is 10.6 Å². The number of hydrogen-bond acceptors (Lipinski definition) is 7. The van der Waals surface area contributed by atoms with Gasteiger partial charge in [-0.3, -0.25) is 0 Å². The average molecular weight is 262 g/mol. The van der Waals surface area contributed by atoms with Crippen LogP contribution in [-0.2, 0) is 13.0 Å². The second-order valence-electron chi connectivity index (χ2n) is 4.25. The summed E-state index contributed by atoms with van der Waals surface area (Å²) in [6.45, 7) is 6.30. The lowest BCUT2D eigenvalue weighted by Crippen LogP contribution is -2.14. The first-order valence-electron chi connectivity index (χ1n) is 6.14. The Morgan fingerprint density at radius 3 is 2.58 bits per heavy atom. The maximum Gasteiger partial charge on any atom is 0.156 e. The van der Waals surface area contributed by atoms with Crippen LogP contribution in [0.5, 0.6) is 0 Å². The Morgan fingerprint density at radius 2 is 2.00 bits per heavy atom. The summed E-state index contributed by atoms with van der Waals surface area (Å²) in [5.41, 5.74) is 4.31. The molecule has 0 amide bonds. The highest BCUT2D eigenvalue weighted by atomic mass is 16.5. The first-order valence-corrected chi connectivity index (χ1v) is 6.14. The van der Waals surface area contributed by atoms with Gasteiger partial charge in [-0.2, -0.15) is 0 Å². The Balaban J connectivity index is 2.19. The molecule has 0 aliphatic carbocycles. The number of aryl methyl sites for hydroxylation is 2. The number of hydrazine groups is 1. The summed E-state index contributed by atoms with van der Waals surface area (Å²) in [7, 11) is 0. The van der Waals surface area contributed by atoms with Gasteiger partial charge in [0, 0.05) is 18.1 Å². The second-order valence-corrected chi connectivity index (χ2v) is 4.25. The van der Waals surface area contributed by atoms with Gasteiger partial charge < -0.3 is 15.3 Å². The summed E-state index contributed by atoms with van der Waals surface area (Å²) >= 11 is 0. The monoisotopic (exact) mass is 262 g/mol. The van der Waals surface area contributed by atoms with E-state index in [1.54, 1.807) is 0 Å². The van der Waals surface area contributed by atoms with Crippen molar-refractivity contribution in [3.63, 3.8) is 0 Å². The number of nitrogens with one attached hydrogen (secondary N) is 2. The normalized spacial score (nSPS) is 10.5. The molecule has 2 aromatic rings. The van der Waals surface area contributed by atoms with E-state index in [0.717, 1.165) is 35.1 Å². The largest absolute Gasteiger partial charge is 0.362 e. The fourth-order valence-electron chi connectivity index (χ4n) is 1.70. The van der Waals surface area contributed by atoms with Crippen molar-refractivity contribution in [3.05, 3.63) is 28.9 Å². The molecule has 0 aromatic carbocycles. The Kier molecular flexibility index (Phi) is 3.96. The molecule has 0 unspecified atom stereocenters. The molecule has 2 aromatic heterocycles. The van der Waals surface area contributed by atoms with Crippen LogP contribution in [-0.4, -0.2) is 15.1 Å². The van der Waals surface area contributed by atoms with Crippen molar-refractivity contribution < 1.29 is 4.52 Å². The quantitative estimate of drug-likeness (QED) is 0.555. The highest BCUT2D eigenvalue weighted by molar-refractivity contribution is 5.56. The summed E-state index contributed by atoms with van der Waals surface area (Å²) in [5, 5.41) is 7.05. The van der Waals surface area contributed by atoms with Gasteiger partial charge in [-0.05, 0) is 13.8 Å². The van der Waals surface area contributed by atoms with Gasteiger partial charge in [0.1, 0.15) is 17.5 Å². The molecular formula is C12H18N6O. The minimum Gasteiger partial charge on any atom is -0.362 e. The van der Waals surface area contributed by atoms with Gasteiger partial charge in [0.15, 0.2) is 5.76 Å². The molecule has 7 nitrogen and oxygen atoms in total. The fourth-order valence-corrected chi connectivity index (χ4v) is 1.70. The van der Waals surface area contributed by atoms with E-state index in [1.165, 1.54) is 0 Å². The standard InChI is InChI=1S/C12H18N6O/c1-4-10-15-11(8(3)12(16-10)17-13)14-6-9-5-7(2)18-19-9/h5H,4,6,13H2,1-3H3,(H2,14,15,16,17).